The van der Waals surface area contributed by atoms with Crippen LogP contribution in [-0.4, -0.2) is 61.8 Å². The molecule has 0 aromatic carbocycles. The van der Waals surface area contributed by atoms with Gasteiger partial charge in [0.15, 0.2) is 23.9 Å². The summed E-state index contributed by atoms with van der Waals surface area (Å²) >= 11 is 0. The topological polar surface area (TPSA) is 212 Å². The Kier molecular flexibility index (Phi) is 8.28. The lowest BCUT2D eigenvalue weighted by atomic mass is 9.71. The van der Waals surface area contributed by atoms with Crippen LogP contribution in [0, 0.1) is 29.6 Å². The van der Waals surface area contributed by atoms with E-state index in [0.717, 1.165) is 38.4 Å². The van der Waals surface area contributed by atoms with Gasteiger partial charge in [-0.25, -0.2) is 19.1 Å². The monoisotopic (exact) mass is 599 g/mol. The second kappa shape index (κ2) is 11.8. The van der Waals surface area contributed by atoms with Gasteiger partial charge in [-0.05, 0) is 51.7 Å². The number of hydrogen-bond acceptors (Lipinski definition) is 13. The highest BCUT2D eigenvalue weighted by Gasteiger charge is 2.58. The third-order valence-corrected chi connectivity index (χ3v) is 8.38. The Bertz CT molecular complexity index is 1600. The number of aliphatic hydroxyl groups excluding tert-OH is 2. The van der Waals surface area contributed by atoms with Crippen LogP contribution in [0.4, 0.5) is 10.6 Å². The normalized spacial score (nSPS) is 24.5. The second-order valence-corrected chi connectivity index (χ2v) is 11.4. The minimum Gasteiger partial charge on any atom is -0.462 e. The highest BCUT2D eigenvalue weighted by molar-refractivity contribution is 5.88. The fourth-order valence-corrected chi connectivity index (χ4v) is 5.73. The van der Waals surface area contributed by atoms with Crippen LogP contribution in [0.5, 0.6) is 0 Å². The first-order valence-electron chi connectivity index (χ1n) is 14.0. The minimum atomic E-state index is -2.09. The van der Waals surface area contributed by atoms with Crippen molar-refractivity contribution in [1.82, 2.24) is 14.6 Å². The van der Waals surface area contributed by atoms with Crippen LogP contribution >= 0.6 is 0 Å². The number of fused-ring (bicyclic) bond motifs is 1. The number of carbonyl (C=O) groups is 2. The predicted molar refractivity (Wildman–Crippen MR) is 144 cm³/mol. The van der Waals surface area contributed by atoms with Gasteiger partial charge in [0.1, 0.15) is 42.8 Å². The molecule has 0 radical (unpaired) electrons. The molecule has 1 amide bonds. The van der Waals surface area contributed by atoms with Crippen molar-refractivity contribution in [2.24, 2.45) is 11.3 Å². The highest BCUT2D eigenvalue weighted by atomic mass is 16.6. The first-order chi connectivity index (χ1) is 20.5. The number of nitrogens with zero attached hydrogens (tertiary/aromatic N) is 4. The molecule has 3 N–H and O–H groups in total. The number of rotatable bonds is 8. The predicted octanol–water partition coefficient (Wildman–Crippen LogP) is 2.32. The number of hydrogen-bond donors (Lipinski definition) is 3. The van der Waals surface area contributed by atoms with Gasteiger partial charge in [0.25, 0.3) is 0 Å². The quantitative estimate of drug-likeness (QED) is 0.318. The van der Waals surface area contributed by atoms with E-state index in [1.807, 2.05) is 19.9 Å². The Labute approximate surface area is 245 Å². The van der Waals surface area contributed by atoms with Crippen molar-refractivity contribution in [3.8, 4) is 6.07 Å². The summed E-state index contributed by atoms with van der Waals surface area (Å²) in [6, 6.07) is 4.86. The number of anilines is 1. The second-order valence-electron chi connectivity index (χ2n) is 11.4. The van der Waals surface area contributed by atoms with Crippen molar-refractivity contribution in [1.29, 1.82) is 5.26 Å². The number of esters is 1. The zero-order valence-corrected chi connectivity index (χ0v) is 23.9. The van der Waals surface area contributed by atoms with Gasteiger partial charge >= 0.3 is 17.9 Å². The molecule has 3 aromatic rings. The number of amides is 1. The van der Waals surface area contributed by atoms with Crippen molar-refractivity contribution in [2.75, 3.05) is 11.9 Å². The third kappa shape index (κ3) is 5.61. The molecule has 3 aromatic heterocycles. The number of carbonyl (C=O) groups excluding carboxylic acids is 2. The van der Waals surface area contributed by atoms with E-state index in [1.165, 1.54) is 23.6 Å². The van der Waals surface area contributed by atoms with E-state index >= 15 is 0 Å². The highest BCUT2D eigenvalue weighted by Crippen LogP contribution is 2.42. The molecule has 0 unspecified atom stereocenters. The Morgan fingerprint density at radius 2 is 1.95 bits per heavy atom. The molecule has 2 fully saturated rings. The van der Waals surface area contributed by atoms with Gasteiger partial charge in [-0.1, -0.05) is 19.3 Å². The van der Waals surface area contributed by atoms with Gasteiger partial charge < -0.3 is 33.3 Å². The van der Waals surface area contributed by atoms with E-state index in [1.54, 1.807) is 0 Å². The maximum absolute atomic E-state index is 13.0. The molecule has 5 rings (SSSR count). The molecular formula is C28H33N5O10. The van der Waals surface area contributed by atoms with Crippen LogP contribution in [0.15, 0.2) is 32.1 Å². The molecule has 1 saturated heterocycles. The van der Waals surface area contributed by atoms with Crippen LogP contribution in [0.25, 0.3) is 5.52 Å². The number of nitriles is 1. The SMILES string of the molecule is Cc1oc(=O)oc1COC(=O)Nc1ncnn2c([C@]3(C#N)O[C@H](COC(=O)C(C)(C)C4CCCCC4)[C@@H](O)[C@H]3O)ccc12. The largest absolute Gasteiger partial charge is 0.519 e. The number of aryl methyl sites for hydroxylation is 1. The molecule has 4 heterocycles. The summed E-state index contributed by atoms with van der Waals surface area (Å²) in [7, 11) is 0. The van der Waals surface area contributed by atoms with E-state index in [4.69, 9.17) is 23.0 Å². The van der Waals surface area contributed by atoms with Crippen LogP contribution in [-0.2, 0) is 31.2 Å². The summed E-state index contributed by atoms with van der Waals surface area (Å²) in [6.07, 6.45) is 0.792. The summed E-state index contributed by atoms with van der Waals surface area (Å²) in [5, 5.41) is 38.7. The first-order valence-corrected chi connectivity index (χ1v) is 14.0. The third-order valence-electron chi connectivity index (χ3n) is 8.38. The van der Waals surface area contributed by atoms with Crippen molar-refractivity contribution in [2.45, 2.75) is 83.4 Å². The van der Waals surface area contributed by atoms with Gasteiger partial charge in [-0.2, -0.15) is 10.4 Å². The van der Waals surface area contributed by atoms with Gasteiger partial charge in [0.05, 0.1) is 11.1 Å². The lowest BCUT2D eigenvalue weighted by Crippen LogP contribution is -2.41. The number of nitrogens with one attached hydrogen (secondary N) is 1. The number of aromatic nitrogens is 3. The van der Waals surface area contributed by atoms with Gasteiger partial charge in [0, 0.05) is 0 Å². The molecule has 1 aliphatic heterocycles. The zero-order valence-electron chi connectivity index (χ0n) is 23.9. The average molecular weight is 600 g/mol. The van der Waals surface area contributed by atoms with Crippen LogP contribution in [0.2, 0.25) is 0 Å². The molecule has 4 atom stereocenters. The van der Waals surface area contributed by atoms with Gasteiger partial charge in [-0.15, -0.1) is 0 Å². The molecule has 230 valence electrons. The fourth-order valence-electron chi connectivity index (χ4n) is 5.73. The first kappa shape index (κ1) is 30.2. The van der Waals surface area contributed by atoms with E-state index < -0.39 is 47.2 Å². The van der Waals surface area contributed by atoms with E-state index in [2.05, 4.69) is 15.4 Å². The Hall–Kier alpha value is -4.26. The maximum Gasteiger partial charge on any atom is 0.519 e. The van der Waals surface area contributed by atoms with Crippen LogP contribution in [0.1, 0.15) is 63.2 Å². The maximum atomic E-state index is 13.0. The molecule has 15 nitrogen and oxygen atoms in total. The van der Waals surface area contributed by atoms with Gasteiger partial charge in [-0.3, -0.25) is 10.1 Å². The Morgan fingerprint density at radius 1 is 1.21 bits per heavy atom. The van der Waals surface area contributed by atoms with Crippen molar-refractivity contribution in [3.05, 3.63) is 46.3 Å². The number of ether oxygens (including phenoxy) is 3. The Morgan fingerprint density at radius 3 is 2.63 bits per heavy atom. The minimum absolute atomic E-state index is 0.00633. The molecule has 2 aliphatic rings. The van der Waals surface area contributed by atoms with Crippen molar-refractivity contribution >= 4 is 23.4 Å². The smallest absolute Gasteiger partial charge is 0.462 e. The average Bonchev–Trinajstić information content (AvgIpc) is 3.65. The summed E-state index contributed by atoms with van der Waals surface area (Å²) < 4.78 is 27.3. The van der Waals surface area contributed by atoms with E-state index in [-0.39, 0.29) is 47.7 Å². The van der Waals surface area contributed by atoms with Gasteiger partial charge in [0.2, 0.25) is 5.60 Å². The molecule has 1 aliphatic carbocycles. The molecule has 1 saturated carbocycles. The standard InChI is InChI=1S/C28H33N5O10/c1-15-18(42-26(38)41-15)11-40-25(37)32-23-17-9-10-20(33(17)31-14-30-23)28(13-29)22(35)21(34)19(43-28)12-39-24(36)27(2,3)16-7-5-4-6-8-16/h9-10,14,16,19,21-22,34-35H,4-8,11-12H2,1-3H3,(H,30,31,32,37)/t19-,21-,22-,28+/m1/s1. The van der Waals surface area contributed by atoms with Crippen molar-refractivity contribution < 1.29 is 42.8 Å². The summed E-state index contributed by atoms with van der Waals surface area (Å²) in [4.78, 5) is 40.7. The zero-order chi connectivity index (χ0) is 30.9. The molecule has 0 spiro atoms. The van der Waals surface area contributed by atoms with Crippen LogP contribution in [0.3, 0.4) is 0 Å². The lowest BCUT2D eigenvalue weighted by Gasteiger charge is -2.35. The molecular weight excluding hydrogens is 566 g/mol. The van der Waals surface area contributed by atoms with E-state index in [0.29, 0.717) is 0 Å². The lowest BCUT2D eigenvalue weighted by molar-refractivity contribution is -0.164. The summed E-state index contributed by atoms with van der Waals surface area (Å²) in [6.45, 7) is 4.41. The molecule has 43 heavy (non-hydrogen) atoms. The fraction of sp³-hybridized carbons (Fsp3) is 0.571. The van der Waals surface area contributed by atoms with E-state index in [9.17, 15) is 29.9 Å². The summed E-state index contributed by atoms with van der Waals surface area (Å²) in [5.74, 6) is -0.988. The molecule has 15 heteroatoms. The molecule has 0 bridgehead atoms. The Balaban J connectivity index is 1.30. The van der Waals surface area contributed by atoms with Crippen LogP contribution < -0.4 is 11.1 Å². The summed E-state index contributed by atoms with van der Waals surface area (Å²) in [5.41, 5.74) is -2.57. The van der Waals surface area contributed by atoms with Crippen molar-refractivity contribution in [3.63, 3.8) is 0 Å². The number of aliphatic hydroxyl groups is 2.